The molecule has 4 aliphatic rings. The van der Waals surface area contributed by atoms with Crippen LogP contribution in [-0.4, -0.2) is 12.9 Å². The molecule has 3 nitrogen and oxygen atoms in total. The van der Waals surface area contributed by atoms with Gasteiger partial charge in [-0.1, -0.05) is 0 Å². The molecular weight excluding hydrogens is 238 g/mol. The normalized spacial score (nSPS) is 51.8. The fourth-order valence-electron chi connectivity index (χ4n) is 6.46. The van der Waals surface area contributed by atoms with Gasteiger partial charge in [0.15, 0.2) is 6.29 Å². The third-order valence-corrected chi connectivity index (χ3v) is 6.90. The predicted octanol–water partition coefficient (Wildman–Crippen LogP) is 2.95. The molecule has 0 saturated heterocycles. The van der Waals surface area contributed by atoms with Gasteiger partial charge in [-0.05, 0) is 86.9 Å². The molecule has 8 atom stereocenters. The van der Waals surface area contributed by atoms with Gasteiger partial charge in [-0.15, -0.1) is 0 Å². The van der Waals surface area contributed by atoms with Gasteiger partial charge in [0, 0.05) is 0 Å². The zero-order chi connectivity index (χ0) is 13.0. The Morgan fingerprint density at radius 1 is 1.05 bits per heavy atom. The third-order valence-electron chi connectivity index (χ3n) is 6.90. The van der Waals surface area contributed by atoms with Crippen LogP contribution in [0.5, 0.6) is 0 Å². The second-order valence-electron chi connectivity index (χ2n) is 7.51. The highest BCUT2D eigenvalue weighted by Gasteiger charge is 2.61. The third kappa shape index (κ3) is 1.89. The summed E-state index contributed by atoms with van der Waals surface area (Å²) >= 11 is 0. The molecule has 0 spiro atoms. The molecule has 2 N–H and O–H groups in total. The summed E-state index contributed by atoms with van der Waals surface area (Å²) in [4.78, 5) is 4.66. The number of hydrogen-bond acceptors (Lipinski definition) is 3. The Bertz CT molecular complexity index is 348. The van der Waals surface area contributed by atoms with Crippen molar-refractivity contribution in [3.05, 3.63) is 0 Å². The Morgan fingerprint density at radius 3 is 2.63 bits per heavy atom. The molecule has 4 aliphatic carbocycles. The maximum absolute atomic E-state index is 5.59. The van der Waals surface area contributed by atoms with E-state index in [4.69, 9.17) is 10.6 Å². The average molecular weight is 265 g/mol. The van der Waals surface area contributed by atoms with E-state index >= 15 is 0 Å². The Morgan fingerprint density at radius 2 is 1.84 bits per heavy atom. The lowest BCUT2D eigenvalue weighted by atomic mass is 9.67. The van der Waals surface area contributed by atoms with Crippen molar-refractivity contribution in [2.45, 2.75) is 51.7 Å². The highest BCUT2D eigenvalue weighted by Crippen LogP contribution is 2.69. The summed E-state index contributed by atoms with van der Waals surface area (Å²) in [6.07, 6.45) is 8.64. The minimum atomic E-state index is -0.256. The first-order valence-corrected chi connectivity index (χ1v) is 8.25. The number of hydrogen-bond donors (Lipinski definition) is 1. The van der Waals surface area contributed by atoms with Crippen LogP contribution in [0.3, 0.4) is 0 Å². The molecule has 0 heterocycles. The van der Waals surface area contributed by atoms with Crippen LogP contribution < -0.4 is 5.90 Å². The number of fused-ring (bicyclic) bond motifs is 9. The summed E-state index contributed by atoms with van der Waals surface area (Å²) in [6, 6.07) is 0. The molecule has 108 valence electrons. The zero-order valence-electron chi connectivity index (χ0n) is 12.0. The molecule has 0 aromatic heterocycles. The summed E-state index contributed by atoms with van der Waals surface area (Å²) < 4.78 is 5.59. The van der Waals surface area contributed by atoms with E-state index in [0.717, 1.165) is 48.0 Å². The monoisotopic (exact) mass is 265 g/mol. The maximum Gasteiger partial charge on any atom is 0.174 e. The zero-order valence-corrected chi connectivity index (χ0v) is 12.0. The molecule has 7 unspecified atom stereocenters. The van der Waals surface area contributed by atoms with Crippen molar-refractivity contribution >= 4 is 0 Å². The first-order chi connectivity index (χ1) is 9.28. The van der Waals surface area contributed by atoms with Crippen LogP contribution in [-0.2, 0) is 9.57 Å². The second kappa shape index (κ2) is 4.71. The predicted molar refractivity (Wildman–Crippen MR) is 72.8 cm³/mol. The van der Waals surface area contributed by atoms with Crippen molar-refractivity contribution in [1.82, 2.24) is 0 Å². The van der Waals surface area contributed by atoms with Gasteiger partial charge in [0.1, 0.15) is 0 Å². The van der Waals surface area contributed by atoms with Crippen LogP contribution in [0.2, 0.25) is 0 Å². The summed E-state index contributed by atoms with van der Waals surface area (Å²) in [6.45, 7) is 2.69. The molecule has 4 saturated carbocycles. The first kappa shape index (κ1) is 12.6. The Kier molecular flexibility index (Phi) is 3.13. The molecular formula is C16H27NO2. The van der Waals surface area contributed by atoms with E-state index in [9.17, 15) is 0 Å². The number of nitrogens with two attached hydrogens (primary N) is 1. The maximum atomic E-state index is 5.59. The average Bonchev–Trinajstić information content (AvgIpc) is 3.16. The molecule has 19 heavy (non-hydrogen) atoms. The van der Waals surface area contributed by atoms with Gasteiger partial charge in [0.05, 0.1) is 6.61 Å². The minimum Gasteiger partial charge on any atom is -0.351 e. The lowest BCUT2D eigenvalue weighted by Gasteiger charge is -2.38. The Balaban J connectivity index is 1.35. The number of rotatable bonds is 5. The Labute approximate surface area is 116 Å². The number of ether oxygens (including phenoxy) is 1. The fraction of sp³-hybridized carbons (Fsp3) is 1.00. The van der Waals surface area contributed by atoms with Gasteiger partial charge in [-0.25, -0.2) is 5.90 Å². The van der Waals surface area contributed by atoms with Crippen LogP contribution >= 0.6 is 0 Å². The summed E-state index contributed by atoms with van der Waals surface area (Å²) in [5, 5.41) is 0. The molecule has 4 fully saturated rings. The van der Waals surface area contributed by atoms with Crippen molar-refractivity contribution in [3.8, 4) is 0 Å². The minimum absolute atomic E-state index is 0.256. The summed E-state index contributed by atoms with van der Waals surface area (Å²) in [5.41, 5.74) is 0. The van der Waals surface area contributed by atoms with Crippen LogP contribution in [0, 0.1) is 41.4 Å². The van der Waals surface area contributed by atoms with Crippen molar-refractivity contribution in [3.63, 3.8) is 0 Å². The molecule has 0 radical (unpaired) electrons. The van der Waals surface area contributed by atoms with Gasteiger partial charge < -0.3 is 4.74 Å². The van der Waals surface area contributed by atoms with Gasteiger partial charge in [0.25, 0.3) is 0 Å². The van der Waals surface area contributed by atoms with Gasteiger partial charge in [0.2, 0.25) is 0 Å². The molecule has 3 heteroatoms. The van der Waals surface area contributed by atoms with E-state index in [1.54, 1.807) is 12.8 Å². The standard InChI is InChI=1S/C16H27NO2/c1-9(19-17)18-5-4-10-6-13-8-14(10)16-12-3-2-11(7-12)15(13)16/h9-16H,2-8,17H2,1H3/t9?,10?,11?,12?,13?,14?,15-,16?/m0/s1. The van der Waals surface area contributed by atoms with Crippen LogP contribution in [0.1, 0.15) is 45.4 Å². The quantitative estimate of drug-likeness (QED) is 0.472. The SMILES string of the molecule is CC(ON)OCCC1CC2CC1C1C3CCC(C3)[C@@H]21. The van der Waals surface area contributed by atoms with Crippen LogP contribution in [0.4, 0.5) is 0 Å². The molecule has 0 aromatic rings. The molecule has 4 bridgehead atoms. The highest BCUT2D eigenvalue weighted by atomic mass is 16.7. The van der Waals surface area contributed by atoms with E-state index in [0.29, 0.717) is 0 Å². The molecule has 0 amide bonds. The fourth-order valence-corrected chi connectivity index (χ4v) is 6.46. The molecule has 0 aliphatic heterocycles. The van der Waals surface area contributed by atoms with Crippen molar-refractivity contribution < 1.29 is 9.57 Å². The topological polar surface area (TPSA) is 44.5 Å². The second-order valence-corrected chi connectivity index (χ2v) is 7.51. The van der Waals surface area contributed by atoms with Gasteiger partial charge in [-0.3, -0.25) is 4.84 Å². The smallest absolute Gasteiger partial charge is 0.174 e. The summed E-state index contributed by atoms with van der Waals surface area (Å²) in [7, 11) is 0. The lowest BCUT2D eigenvalue weighted by Crippen LogP contribution is -2.33. The first-order valence-electron chi connectivity index (χ1n) is 8.25. The molecule has 0 aromatic carbocycles. The van der Waals surface area contributed by atoms with Crippen molar-refractivity contribution in [2.75, 3.05) is 6.61 Å². The molecule has 4 rings (SSSR count). The largest absolute Gasteiger partial charge is 0.351 e. The van der Waals surface area contributed by atoms with E-state index < -0.39 is 0 Å². The lowest BCUT2D eigenvalue weighted by molar-refractivity contribution is -0.136. The van der Waals surface area contributed by atoms with Gasteiger partial charge >= 0.3 is 0 Å². The van der Waals surface area contributed by atoms with E-state index in [1.807, 2.05) is 6.92 Å². The van der Waals surface area contributed by atoms with E-state index in [-0.39, 0.29) is 6.29 Å². The van der Waals surface area contributed by atoms with E-state index in [1.165, 1.54) is 25.7 Å². The van der Waals surface area contributed by atoms with Crippen LogP contribution in [0.15, 0.2) is 0 Å². The van der Waals surface area contributed by atoms with Crippen molar-refractivity contribution in [1.29, 1.82) is 0 Å². The highest BCUT2D eigenvalue weighted by molar-refractivity contribution is 5.10. The van der Waals surface area contributed by atoms with Crippen LogP contribution in [0.25, 0.3) is 0 Å². The van der Waals surface area contributed by atoms with Crippen molar-refractivity contribution in [2.24, 2.45) is 47.3 Å². The van der Waals surface area contributed by atoms with E-state index in [2.05, 4.69) is 4.84 Å². The summed E-state index contributed by atoms with van der Waals surface area (Å²) in [5.74, 6) is 12.6. The van der Waals surface area contributed by atoms with Gasteiger partial charge in [-0.2, -0.15) is 0 Å². The Hall–Kier alpha value is -0.120.